The summed E-state index contributed by atoms with van der Waals surface area (Å²) in [5.74, 6) is 0.415. The van der Waals surface area contributed by atoms with Crippen molar-refractivity contribution in [1.82, 2.24) is 15.1 Å². The highest BCUT2D eigenvalue weighted by molar-refractivity contribution is 5.69. The van der Waals surface area contributed by atoms with Crippen LogP contribution in [-0.4, -0.2) is 29.9 Å². The maximum Gasteiger partial charge on any atom is 0.305 e. The van der Waals surface area contributed by atoms with Crippen LogP contribution in [0.4, 0.5) is 4.39 Å². The van der Waals surface area contributed by atoms with E-state index in [9.17, 15) is 9.18 Å². The number of carbonyl (C=O) groups is 1. The van der Waals surface area contributed by atoms with Gasteiger partial charge in [-0.2, -0.15) is 5.10 Å². The number of aryl methyl sites for hydroxylation is 2. The number of hydrogen-bond acceptors (Lipinski definition) is 5. The first-order valence-electron chi connectivity index (χ1n) is 13.2. The molecule has 39 heavy (non-hydrogen) atoms. The Morgan fingerprint density at radius 3 is 2.38 bits per heavy atom. The van der Waals surface area contributed by atoms with E-state index in [4.69, 9.17) is 4.74 Å². The number of halogens is 1. The van der Waals surface area contributed by atoms with E-state index in [1.54, 1.807) is 23.0 Å². The predicted molar refractivity (Wildman–Crippen MR) is 156 cm³/mol. The first-order chi connectivity index (χ1) is 18.9. The number of likely N-dealkylation sites (N-methyl/N-ethyl adjacent to an activating group) is 1. The maximum atomic E-state index is 13.1. The summed E-state index contributed by atoms with van der Waals surface area (Å²) in [6, 6.07) is 14.3. The minimum absolute atomic E-state index is 0.157. The van der Waals surface area contributed by atoms with E-state index in [1.165, 1.54) is 30.4 Å². The second-order valence-electron chi connectivity index (χ2n) is 8.58. The van der Waals surface area contributed by atoms with Crippen molar-refractivity contribution in [2.75, 3.05) is 14.2 Å². The summed E-state index contributed by atoms with van der Waals surface area (Å²) < 4.78 is 25.3. The van der Waals surface area contributed by atoms with Gasteiger partial charge in [-0.05, 0) is 62.2 Å². The fourth-order valence-corrected chi connectivity index (χ4v) is 3.75. The van der Waals surface area contributed by atoms with Crippen molar-refractivity contribution in [3.63, 3.8) is 0 Å². The molecule has 0 spiro atoms. The first kappa shape index (κ1) is 31.1. The Bertz CT molecular complexity index is 1260. The molecule has 0 aliphatic heterocycles. The number of allylic oxidation sites excluding steroid dienone is 5. The molecular weight excluding hydrogens is 493 g/mol. The van der Waals surface area contributed by atoms with Gasteiger partial charge in [0.2, 0.25) is 0 Å². The zero-order valence-corrected chi connectivity index (χ0v) is 23.8. The Hall–Kier alpha value is -4.13. The lowest BCUT2D eigenvalue weighted by molar-refractivity contribution is -0.140. The smallest absolute Gasteiger partial charge is 0.305 e. The highest BCUT2D eigenvalue weighted by Crippen LogP contribution is 2.25. The molecule has 0 bridgehead atoms. The molecule has 1 aliphatic carbocycles. The van der Waals surface area contributed by atoms with Crippen LogP contribution in [0, 0.1) is 12.7 Å². The topological polar surface area (TPSA) is 65.4 Å². The molecule has 208 valence electrons. The van der Waals surface area contributed by atoms with E-state index in [1.807, 2.05) is 71.3 Å². The number of nitrogens with one attached hydrogen (secondary N) is 1. The second kappa shape index (κ2) is 16.7. The molecule has 7 heteroatoms. The van der Waals surface area contributed by atoms with Crippen molar-refractivity contribution in [1.29, 1.82) is 0 Å². The maximum absolute atomic E-state index is 13.1. The molecule has 3 aromatic rings. The molecule has 6 nitrogen and oxygen atoms in total. The molecule has 1 N–H and O–H groups in total. The van der Waals surface area contributed by atoms with E-state index in [0.29, 0.717) is 13.0 Å². The lowest BCUT2D eigenvalue weighted by Crippen LogP contribution is -2.02. The molecule has 0 radical (unpaired) electrons. The molecule has 2 aromatic carbocycles. The third-order valence-electron chi connectivity index (χ3n) is 5.88. The molecule has 1 heterocycles. The van der Waals surface area contributed by atoms with Gasteiger partial charge in [0.1, 0.15) is 18.2 Å². The average molecular weight is 534 g/mol. The van der Waals surface area contributed by atoms with Crippen molar-refractivity contribution in [2.45, 2.75) is 46.6 Å². The van der Waals surface area contributed by atoms with E-state index in [-0.39, 0.29) is 11.8 Å². The number of ether oxygens (including phenoxy) is 2. The van der Waals surface area contributed by atoms with Gasteiger partial charge in [-0.15, -0.1) is 0 Å². The number of hydrogen-bond donors (Lipinski definition) is 1. The molecule has 1 aliphatic rings. The number of aromatic nitrogens is 2. The Balaban J connectivity index is 0.000000275. The van der Waals surface area contributed by atoms with E-state index >= 15 is 0 Å². The van der Waals surface area contributed by atoms with Gasteiger partial charge in [-0.3, -0.25) is 9.48 Å². The Morgan fingerprint density at radius 2 is 1.74 bits per heavy atom. The summed E-state index contributed by atoms with van der Waals surface area (Å²) in [5.41, 5.74) is 6.31. The SMILES string of the molecule is CC.CNC1=CCC=C(CCC(=O)OC)C=C1.Cc1ccc(OCc2cnn(C)c2-c2ccc(F)cc2)cc1. The average Bonchev–Trinajstić information content (AvgIpc) is 3.17. The number of methoxy groups -OCH3 is 1. The third kappa shape index (κ3) is 10.3. The van der Waals surface area contributed by atoms with Crippen molar-refractivity contribution in [3.05, 3.63) is 107 Å². The number of carbonyl (C=O) groups excluding carboxylic acids is 1. The summed E-state index contributed by atoms with van der Waals surface area (Å²) in [4.78, 5) is 11.0. The van der Waals surface area contributed by atoms with Crippen LogP contribution in [0.25, 0.3) is 11.3 Å². The van der Waals surface area contributed by atoms with Crippen LogP contribution in [-0.2, 0) is 23.2 Å². The monoisotopic (exact) mass is 533 g/mol. The summed E-state index contributed by atoms with van der Waals surface area (Å²) >= 11 is 0. The van der Waals surface area contributed by atoms with Crippen molar-refractivity contribution in [2.24, 2.45) is 7.05 Å². The molecule has 1 aromatic heterocycles. The van der Waals surface area contributed by atoms with Crippen molar-refractivity contribution in [3.8, 4) is 17.0 Å². The molecule has 0 atom stereocenters. The Morgan fingerprint density at radius 1 is 1.05 bits per heavy atom. The molecule has 0 saturated heterocycles. The second-order valence-corrected chi connectivity index (χ2v) is 8.58. The van der Waals surface area contributed by atoms with Crippen LogP contribution in [0.3, 0.4) is 0 Å². The van der Waals surface area contributed by atoms with Crippen LogP contribution in [0.1, 0.15) is 44.2 Å². The van der Waals surface area contributed by atoms with Crippen LogP contribution in [0.15, 0.2) is 90.3 Å². The molecule has 0 unspecified atom stereocenters. The zero-order chi connectivity index (χ0) is 28.6. The number of rotatable bonds is 8. The summed E-state index contributed by atoms with van der Waals surface area (Å²) in [7, 11) is 5.18. The van der Waals surface area contributed by atoms with Gasteiger partial charge in [0.05, 0.1) is 19.0 Å². The zero-order valence-electron chi connectivity index (χ0n) is 23.8. The fraction of sp³-hybridized carbons (Fsp3) is 0.312. The number of esters is 1. The normalized spacial score (nSPS) is 12.0. The van der Waals surface area contributed by atoms with Gasteiger partial charge < -0.3 is 14.8 Å². The van der Waals surface area contributed by atoms with Gasteiger partial charge in [0.15, 0.2) is 0 Å². The van der Waals surface area contributed by atoms with Crippen LogP contribution < -0.4 is 10.1 Å². The largest absolute Gasteiger partial charge is 0.489 e. The first-order valence-corrected chi connectivity index (χ1v) is 13.2. The lowest BCUT2D eigenvalue weighted by Gasteiger charge is -2.09. The van der Waals surface area contributed by atoms with Gasteiger partial charge in [-0.1, -0.05) is 55.3 Å². The van der Waals surface area contributed by atoms with Gasteiger partial charge in [0, 0.05) is 37.3 Å². The van der Waals surface area contributed by atoms with Gasteiger partial charge in [-0.25, -0.2) is 4.39 Å². The van der Waals surface area contributed by atoms with Crippen LogP contribution in [0.2, 0.25) is 0 Å². The fourth-order valence-electron chi connectivity index (χ4n) is 3.75. The quantitative estimate of drug-likeness (QED) is 0.314. The summed E-state index contributed by atoms with van der Waals surface area (Å²) in [5, 5.41) is 7.37. The van der Waals surface area contributed by atoms with E-state index in [0.717, 1.165) is 41.1 Å². The number of nitrogens with zero attached hydrogens (tertiary/aromatic N) is 2. The van der Waals surface area contributed by atoms with E-state index < -0.39 is 0 Å². The summed E-state index contributed by atoms with van der Waals surface area (Å²) in [6.07, 6.45) is 12.2. The predicted octanol–water partition coefficient (Wildman–Crippen LogP) is 7.07. The Labute approximate surface area is 231 Å². The van der Waals surface area contributed by atoms with Crippen molar-refractivity contribution < 1.29 is 18.7 Å². The van der Waals surface area contributed by atoms with Gasteiger partial charge >= 0.3 is 5.97 Å². The minimum Gasteiger partial charge on any atom is -0.489 e. The van der Waals surface area contributed by atoms with Crippen LogP contribution in [0.5, 0.6) is 5.75 Å². The number of benzene rings is 2. The van der Waals surface area contributed by atoms with Crippen LogP contribution >= 0.6 is 0 Å². The highest BCUT2D eigenvalue weighted by Gasteiger charge is 2.12. The molecule has 0 saturated carbocycles. The Kier molecular flexibility index (Phi) is 13.3. The minimum atomic E-state index is -0.247. The van der Waals surface area contributed by atoms with Crippen molar-refractivity contribution >= 4 is 5.97 Å². The molecule has 4 rings (SSSR count). The highest BCUT2D eigenvalue weighted by atomic mass is 19.1. The molecule has 0 fully saturated rings. The third-order valence-corrected chi connectivity index (χ3v) is 5.88. The molecule has 0 amide bonds. The summed E-state index contributed by atoms with van der Waals surface area (Å²) in [6.45, 7) is 6.46. The molecular formula is C32H40FN3O3. The van der Waals surface area contributed by atoms with E-state index in [2.05, 4.69) is 27.3 Å². The lowest BCUT2D eigenvalue weighted by atomic mass is 10.1. The van der Waals surface area contributed by atoms with Gasteiger partial charge in [0.25, 0.3) is 0 Å². The standard InChI is InChI=1S/C18H17FN2O.C12H17NO2.C2H6/c1-13-3-9-17(10-4-13)22-12-15-11-20-21(2)18(15)14-5-7-16(19)8-6-14;1-13-11-5-3-4-10(6-8-11)7-9-12(14)15-2;1-2/h3-11H,12H2,1-2H3;4-6,8,13H,3,7,9H2,1-2H3;1-2H3.